The maximum atomic E-state index is 13.5. The first kappa shape index (κ1) is 13.5. The molecule has 2 rings (SSSR count). The number of ketones is 1. The van der Waals surface area contributed by atoms with Crippen LogP contribution in [0.3, 0.4) is 0 Å². The van der Waals surface area contributed by atoms with Gasteiger partial charge in [-0.1, -0.05) is 19.1 Å². The summed E-state index contributed by atoms with van der Waals surface area (Å²) in [5, 5.41) is 0. The number of nitrogens with zero attached hydrogens (tertiary/aromatic N) is 1. The predicted molar refractivity (Wildman–Crippen MR) is 70.4 cm³/mol. The van der Waals surface area contributed by atoms with Crippen molar-refractivity contribution >= 4 is 5.78 Å². The normalized spacial score (nSPS) is 10.9. The van der Waals surface area contributed by atoms with Gasteiger partial charge in [0, 0.05) is 0 Å². The van der Waals surface area contributed by atoms with E-state index in [1.807, 2.05) is 24.0 Å². The first-order valence-electron chi connectivity index (χ1n) is 6.23. The zero-order valence-electron chi connectivity index (χ0n) is 10.8. The van der Waals surface area contributed by atoms with Crippen LogP contribution in [0.2, 0.25) is 0 Å². The Kier molecular flexibility index (Phi) is 4.47. The molecule has 100 valence electrons. The SMILES string of the molecule is CCN(CC(=O)c1ccccc1F)Cc1ccco1. The van der Waals surface area contributed by atoms with Crippen molar-refractivity contribution in [2.45, 2.75) is 13.5 Å². The van der Waals surface area contributed by atoms with E-state index in [1.165, 1.54) is 12.1 Å². The molecule has 0 saturated carbocycles. The predicted octanol–water partition coefficient (Wildman–Crippen LogP) is 3.12. The quantitative estimate of drug-likeness (QED) is 0.749. The first-order chi connectivity index (χ1) is 9.20. The Morgan fingerprint density at radius 2 is 2.05 bits per heavy atom. The third kappa shape index (κ3) is 3.51. The van der Waals surface area contributed by atoms with Crippen LogP contribution in [0.5, 0.6) is 0 Å². The van der Waals surface area contributed by atoms with Gasteiger partial charge in [0.15, 0.2) is 5.78 Å². The second-order valence-electron chi connectivity index (χ2n) is 4.29. The molecular formula is C15H16FNO2. The zero-order valence-corrected chi connectivity index (χ0v) is 10.8. The van der Waals surface area contributed by atoms with Crippen LogP contribution in [0.4, 0.5) is 4.39 Å². The van der Waals surface area contributed by atoms with Crippen molar-refractivity contribution in [3.63, 3.8) is 0 Å². The first-order valence-corrected chi connectivity index (χ1v) is 6.23. The summed E-state index contributed by atoms with van der Waals surface area (Å²) in [6.07, 6.45) is 1.60. The fraction of sp³-hybridized carbons (Fsp3) is 0.267. The molecule has 3 nitrogen and oxygen atoms in total. The number of rotatable bonds is 6. The van der Waals surface area contributed by atoms with E-state index in [0.717, 1.165) is 5.76 Å². The maximum Gasteiger partial charge on any atom is 0.179 e. The summed E-state index contributed by atoms with van der Waals surface area (Å²) in [7, 11) is 0. The molecule has 1 heterocycles. The van der Waals surface area contributed by atoms with Gasteiger partial charge in [0.2, 0.25) is 0 Å². The smallest absolute Gasteiger partial charge is 0.179 e. The maximum absolute atomic E-state index is 13.5. The molecule has 0 aliphatic heterocycles. The van der Waals surface area contributed by atoms with Gasteiger partial charge >= 0.3 is 0 Å². The Balaban J connectivity index is 2.02. The van der Waals surface area contributed by atoms with Crippen molar-refractivity contribution in [2.75, 3.05) is 13.1 Å². The number of carbonyl (C=O) groups is 1. The van der Waals surface area contributed by atoms with Crippen molar-refractivity contribution in [2.24, 2.45) is 0 Å². The summed E-state index contributed by atoms with van der Waals surface area (Å²) in [6.45, 7) is 3.38. The Labute approximate surface area is 111 Å². The highest BCUT2D eigenvalue weighted by atomic mass is 19.1. The van der Waals surface area contributed by atoms with Gasteiger partial charge in [0.05, 0.1) is 24.9 Å². The lowest BCUT2D eigenvalue weighted by molar-refractivity contribution is 0.0921. The van der Waals surface area contributed by atoms with Gasteiger partial charge in [-0.3, -0.25) is 9.69 Å². The van der Waals surface area contributed by atoms with Crippen molar-refractivity contribution in [3.05, 3.63) is 59.8 Å². The van der Waals surface area contributed by atoms with Crippen molar-refractivity contribution < 1.29 is 13.6 Å². The molecule has 2 aromatic rings. The third-order valence-corrected chi connectivity index (χ3v) is 2.95. The Hall–Kier alpha value is -1.94. The van der Waals surface area contributed by atoms with Crippen LogP contribution in [0.15, 0.2) is 47.1 Å². The number of carbonyl (C=O) groups excluding carboxylic acids is 1. The van der Waals surface area contributed by atoms with Gasteiger partial charge in [-0.2, -0.15) is 0 Å². The number of benzene rings is 1. The lowest BCUT2D eigenvalue weighted by Crippen LogP contribution is -2.29. The average molecular weight is 261 g/mol. The zero-order chi connectivity index (χ0) is 13.7. The largest absolute Gasteiger partial charge is 0.468 e. The fourth-order valence-electron chi connectivity index (χ4n) is 1.88. The van der Waals surface area contributed by atoms with E-state index >= 15 is 0 Å². The van der Waals surface area contributed by atoms with Crippen LogP contribution in [0, 0.1) is 5.82 Å². The van der Waals surface area contributed by atoms with Crippen LogP contribution in [-0.4, -0.2) is 23.8 Å². The van der Waals surface area contributed by atoms with E-state index in [4.69, 9.17) is 4.42 Å². The fourth-order valence-corrected chi connectivity index (χ4v) is 1.88. The summed E-state index contributed by atoms with van der Waals surface area (Å²) in [6, 6.07) is 9.72. The molecule has 0 spiro atoms. The van der Waals surface area contributed by atoms with Gasteiger partial charge in [-0.05, 0) is 30.8 Å². The Bertz CT molecular complexity index is 537. The van der Waals surface area contributed by atoms with Gasteiger partial charge in [0.25, 0.3) is 0 Å². The molecule has 1 aromatic heterocycles. The molecule has 0 saturated heterocycles. The van der Waals surface area contributed by atoms with Gasteiger partial charge in [-0.25, -0.2) is 4.39 Å². The second kappa shape index (κ2) is 6.29. The van der Waals surface area contributed by atoms with Gasteiger partial charge < -0.3 is 4.42 Å². The van der Waals surface area contributed by atoms with Crippen LogP contribution in [0.1, 0.15) is 23.0 Å². The highest BCUT2D eigenvalue weighted by Gasteiger charge is 2.15. The minimum absolute atomic E-state index is 0.139. The van der Waals surface area contributed by atoms with Crippen molar-refractivity contribution in [1.29, 1.82) is 0 Å². The highest BCUT2D eigenvalue weighted by Crippen LogP contribution is 2.10. The van der Waals surface area contributed by atoms with Crippen molar-refractivity contribution in [1.82, 2.24) is 4.90 Å². The molecule has 1 aromatic carbocycles. The molecular weight excluding hydrogens is 245 g/mol. The van der Waals surface area contributed by atoms with Crippen LogP contribution in [-0.2, 0) is 6.54 Å². The molecule has 0 radical (unpaired) electrons. The molecule has 0 bridgehead atoms. The summed E-state index contributed by atoms with van der Waals surface area (Å²) < 4.78 is 18.8. The number of likely N-dealkylation sites (N-methyl/N-ethyl adjacent to an activating group) is 1. The standard InChI is InChI=1S/C15H16FNO2/c1-2-17(10-12-6-5-9-19-12)11-15(18)13-7-3-4-8-14(13)16/h3-9H,2,10-11H2,1H3. The van der Waals surface area contributed by atoms with Crippen LogP contribution in [0.25, 0.3) is 0 Å². The molecule has 0 unspecified atom stereocenters. The van der Waals surface area contributed by atoms with E-state index in [0.29, 0.717) is 13.1 Å². The van der Waals surface area contributed by atoms with E-state index in [-0.39, 0.29) is 17.9 Å². The highest BCUT2D eigenvalue weighted by molar-refractivity contribution is 5.97. The van der Waals surface area contributed by atoms with Gasteiger partial charge in [0.1, 0.15) is 11.6 Å². The van der Waals surface area contributed by atoms with Crippen LogP contribution >= 0.6 is 0 Å². The lowest BCUT2D eigenvalue weighted by atomic mass is 10.1. The number of furan rings is 1. The summed E-state index contributed by atoms with van der Waals surface area (Å²) in [5.41, 5.74) is 0.139. The molecule has 0 fully saturated rings. The van der Waals surface area contributed by atoms with Gasteiger partial charge in [-0.15, -0.1) is 0 Å². The van der Waals surface area contributed by atoms with Crippen LogP contribution < -0.4 is 0 Å². The average Bonchev–Trinajstić information content (AvgIpc) is 2.91. The van der Waals surface area contributed by atoms with E-state index in [2.05, 4.69) is 0 Å². The van der Waals surface area contributed by atoms with E-state index in [9.17, 15) is 9.18 Å². The molecule has 4 heteroatoms. The minimum Gasteiger partial charge on any atom is -0.468 e. The Morgan fingerprint density at radius 3 is 2.68 bits per heavy atom. The summed E-state index contributed by atoms with van der Waals surface area (Å²) >= 11 is 0. The molecule has 0 amide bonds. The summed E-state index contributed by atoms with van der Waals surface area (Å²) in [4.78, 5) is 14.0. The van der Waals surface area contributed by atoms with E-state index in [1.54, 1.807) is 18.4 Å². The molecule has 0 N–H and O–H groups in total. The van der Waals surface area contributed by atoms with E-state index < -0.39 is 5.82 Å². The lowest BCUT2D eigenvalue weighted by Gasteiger charge is -2.18. The Morgan fingerprint density at radius 1 is 1.26 bits per heavy atom. The van der Waals surface area contributed by atoms with Crippen molar-refractivity contribution in [3.8, 4) is 0 Å². The summed E-state index contributed by atoms with van der Waals surface area (Å²) in [5.74, 6) is 0.108. The third-order valence-electron chi connectivity index (χ3n) is 2.95. The molecule has 0 aliphatic carbocycles. The molecule has 19 heavy (non-hydrogen) atoms. The number of halogens is 1. The molecule has 0 atom stereocenters. The number of Topliss-reactive ketones (excluding diaryl/α,β-unsaturated/α-hetero) is 1. The number of hydrogen-bond donors (Lipinski definition) is 0. The second-order valence-corrected chi connectivity index (χ2v) is 4.29. The topological polar surface area (TPSA) is 33.5 Å². The number of hydrogen-bond acceptors (Lipinski definition) is 3. The molecule has 0 aliphatic rings. The monoisotopic (exact) mass is 261 g/mol. The minimum atomic E-state index is -0.471.